The minimum Gasteiger partial charge on any atom is -0.494 e. The Labute approximate surface area is 289 Å². The lowest BCUT2D eigenvalue weighted by Gasteiger charge is -2.30. The quantitative estimate of drug-likeness (QED) is 0.207. The number of amides is 3. The van der Waals surface area contributed by atoms with Gasteiger partial charge in [-0.05, 0) is 73.4 Å². The van der Waals surface area contributed by atoms with Crippen molar-refractivity contribution >= 4 is 58.6 Å². The molecular weight excluding hydrogens is 629 g/mol. The van der Waals surface area contributed by atoms with Gasteiger partial charge < -0.3 is 40.0 Å². The zero-order valence-corrected chi connectivity index (χ0v) is 28.8. The van der Waals surface area contributed by atoms with Crippen molar-refractivity contribution < 1.29 is 33.1 Å². The van der Waals surface area contributed by atoms with E-state index in [4.69, 9.17) is 42.3 Å². The monoisotopic (exact) mass is 668 g/mol. The number of hydrogen-bond donors (Lipinski definition) is 4. The first-order valence-corrected chi connectivity index (χ1v) is 15.6. The van der Waals surface area contributed by atoms with Crippen LogP contribution in [0.25, 0.3) is 11.5 Å². The van der Waals surface area contributed by atoms with E-state index in [0.29, 0.717) is 11.3 Å². The average molecular weight is 668 g/mol. The van der Waals surface area contributed by atoms with Gasteiger partial charge in [0.2, 0.25) is 5.91 Å². The van der Waals surface area contributed by atoms with Gasteiger partial charge in [0.15, 0.2) is 23.1 Å². The predicted molar refractivity (Wildman–Crippen MR) is 183 cm³/mol. The Bertz CT molecular complexity index is 1680. The molecule has 18 heteroatoms. The van der Waals surface area contributed by atoms with E-state index in [1.165, 1.54) is 13.2 Å². The largest absolute Gasteiger partial charge is 0.494 e. The molecule has 2 atom stereocenters. The van der Waals surface area contributed by atoms with Crippen molar-refractivity contribution in [3.8, 4) is 17.2 Å². The highest BCUT2D eigenvalue weighted by atomic mass is 16.6. The normalized spacial score (nSPS) is 14.7. The van der Waals surface area contributed by atoms with Gasteiger partial charge in [0.1, 0.15) is 11.6 Å². The SMILES string of the molecule is [B]C([B])([B])NC(=O)c1nnc(NC(=O)C2CC2)cc1Nc1cccc(-c2nc([C@H](NC(=O)OC(C)(C)C)[C@H](C)OC(C)(C)C)no2)c1OC. The van der Waals surface area contributed by atoms with Crippen LogP contribution in [0, 0.1) is 5.92 Å². The third-order valence-corrected chi connectivity index (χ3v) is 6.66. The molecule has 0 aliphatic heterocycles. The molecule has 0 unspecified atom stereocenters. The second-order valence-electron chi connectivity index (χ2n) is 13.7. The number of nitrogens with zero attached hydrogens (tertiary/aromatic N) is 4. The Morgan fingerprint density at radius 2 is 1.69 bits per heavy atom. The van der Waals surface area contributed by atoms with Crippen LogP contribution in [0.1, 0.15) is 83.7 Å². The average Bonchev–Trinajstić information content (AvgIpc) is 3.70. The third-order valence-electron chi connectivity index (χ3n) is 6.66. The van der Waals surface area contributed by atoms with Gasteiger partial charge in [-0.2, -0.15) is 4.98 Å². The van der Waals surface area contributed by atoms with Crippen molar-refractivity contribution in [2.45, 2.75) is 89.9 Å². The first kappa shape index (κ1) is 37.2. The topological polar surface area (TPSA) is 192 Å². The first-order chi connectivity index (χ1) is 22.7. The molecule has 1 aliphatic rings. The van der Waals surface area contributed by atoms with Crippen LogP contribution in [0.2, 0.25) is 0 Å². The minimum atomic E-state index is -2.05. The van der Waals surface area contributed by atoms with Crippen LogP contribution in [0.3, 0.4) is 0 Å². The zero-order chi connectivity index (χ0) is 36.3. The molecule has 1 aromatic carbocycles. The Morgan fingerprint density at radius 3 is 2.29 bits per heavy atom. The lowest BCUT2D eigenvalue weighted by molar-refractivity contribution is -0.117. The number of alkyl carbamates (subject to hydrolysis) is 1. The molecule has 1 saturated carbocycles. The summed E-state index contributed by atoms with van der Waals surface area (Å²) in [5, 5.41) is 20.9. The van der Waals surface area contributed by atoms with Crippen molar-refractivity contribution in [3.63, 3.8) is 0 Å². The summed E-state index contributed by atoms with van der Waals surface area (Å²) >= 11 is 0. The maximum atomic E-state index is 13.0. The Morgan fingerprint density at radius 1 is 1.00 bits per heavy atom. The predicted octanol–water partition coefficient (Wildman–Crippen LogP) is 3.24. The van der Waals surface area contributed by atoms with E-state index in [0.717, 1.165) is 12.8 Å². The van der Waals surface area contributed by atoms with Gasteiger partial charge in [0.25, 0.3) is 11.8 Å². The molecule has 1 aliphatic carbocycles. The summed E-state index contributed by atoms with van der Waals surface area (Å²) < 4.78 is 23.0. The molecule has 49 heavy (non-hydrogen) atoms. The minimum absolute atomic E-state index is 0.0526. The van der Waals surface area contributed by atoms with Crippen molar-refractivity contribution in [2.75, 3.05) is 17.7 Å². The van der Waals surface area contributed by atoms with Gasteiger partial charge in [-0.25, -0.2) is 4.79 Å². The Kier molecular flexibility index (Phi) is 11.0. The van der Waals surface area contributed by atoms with Gasteiger partial charge in [-0.1, -0.05) is 16.5 Å². The highest BCUT2D eigenvalue weighted by Crippen LogP contribution is 2.39. The molecule has 6 radical (unpaired) electrons. The number of aromatic nitrogens is 4. The first-order valence-electron chi connectivity index (χ1n) is 15.6. The fourth-order valence-corrected chi connectivity index (χ4v) is 4.64. The maximum Gasteiger partial charge on any atom is 0.408 e. The molecule has 4 rings (SSSR count). The molecule has 15 nitrogen and oxygen atoms in total. The summed E-state index contributed by atoms with van der Waals surface area (Å²) in [4.78, 5) is 42.8. The maximum absolute atomic E-state index is 13.0. The van der Waals surface area contributed by atoms with E-state index in [1.54, 1.807) is 45.9 Å². The van der Waals surface area contributed by atoms with Gasteiger partial charge >= 0.3 is 6.09 Å². The molecule has 3 amide bonds. The summed E-state index contributed by atoms with van der Waals surface area (Å²) in [7, 11) is 18.2. The van der Waals surface area contributed by atoms with E-state index in [9.17, 15) is 14.4 Å². The number of para-hydroxylation sites is 1. The molecule has 0 bridgehead atoms. The van der Waals surface area contributed by atoms with Crippen LogP contribution in [0.5, 0.6) is 5.75 Å². The molecule has 1 fully saturated rings. The number of carbonyl (C=O) groups is 3. The lowest BCUT2D eigenvalue weighted by Crippen LogP contribution is -2.50. The Balaban J connectivity index is 1.70. The number of benzene rings is 1. The number of carbonyl (C=O) groups excluding carboxylic acids is 3. The zero-order valence-electron chi connectivity index (χ0n) is 28.8. The van der Waals surface area contributed by atoms with Gasteiger partial charge in [-0.15, -0.1) is 10.2 Å². The summed E-state index contributed by atoms with van der Waals surface area (Å²) in [5.74, 6) is -0.637. The van der Waals surface area contributed by atoms with Crippen molar-refractivity contribution in [1.82, 2.24) is 31.0 Å². The van der Waals surface area contributed by atoms with Crippen molar-refractivity contribution in [3.05, 3.63) is 35.8 Å². The third kappa shape index (κ3) is 10.7. The fraction of sp³-hybridized carbons (Fsp3) is 0.516. The van der Waals surface area contributed by atoms with Crippen molar-refractivity contribution in [2.24, 2.45) is 5.92 Å². The smallest absolute Gasteiger partial charge is 0.408 e. The van der Waals surface area contributed by atoms with Gasteiger partial charge in [-0.3, -0.25) is 9.59 Å². The summed E-state index contributed by atoms with van der Waals surface area (Å²) in [6.07, 6.45) is 0.267. The molecule has 0 saturated heterocycles. The summed E-state index contributed by atoms with van der Waals surface area (Å²) in [6.45, 7) is 12.7. The molecule has 2 heterocycles. The van der Waals surface area contributed by atoms with Crippen molar-refractivity contribution in [1.29, 1.82) is 0 Å². The fourth-order valence-electron chi connectivity index (χ4n) is 4.64. The summed E-state index contributed by atoms with van der Waals surface area (Å²) in [5.41, 5.74) is -0.713. The van der Waals surface area contributed by atoms with E-state index in [1.807, 2.05) is 20.8 Å². The second-order valence-corrected chi connectivity index (χ2v) is 13.7. The molecule has 254 valence electrons. The van der Waals surface area contributed by atoms with E-state index >= 15 is 0 Å². The standard InChI is InChI=1S/C31H39B3N8O7/c1-15(47-29(2,3)4)21(37-28(45)48-30(5,6)7)24-38-27(49-42-24)17-10-9-11-18(23(17)46-8)35-19-14-20(36-25(43)16-12-13-16)40-41-22(19)26(44)39-31(32,33)34/h9-11,14-16,21H,12-13H2,1-8H3,(H,37,45)(H,39,44)(H2,35,36,40,43)/t15-,21+/m0/s1. The molecule has 0 spiro atoms. The lowest BCUT2D eigenvalue weighted by atomic mass is 9.49. The summed E-state index contributed by atoms with van der Waals surface area (Å²) in [6, 6.07) is 5.59. The number of rotatable bonds is 12. The molecule has 3 aromatic rings. The van der Waals surface area contributed by atoms with Gasteiger partial charge in [0.05, 0.1) is 59.3 Å². The second kappa shape index (κ2) is 14.5. The number of anilines is 3. The van der Waals surface area contributed by atoms with E-state index in [-0.39, 0.29) is 46.5 Å². The number of methoxy groups -OCH3 is 1. The number of nitrogens with one attached hydrogen (secondary N) is 4. The molecular formula is C31H39B3N8O7. The van der Waals surface area contributed by atoms with Gasteiger partial charge in [0, 0.05) is 12.0 Å². The Hall–Kier alpha value is -4.60. The van der Waals surface area contributed by atoms with Crippen LogP contribution in [0.4, 0.5) is 22.0 Å². The highest BCUT2D eigenvalue weighted by molar-refractivity contribution is 6.60. The molecule has 2 aromatic heterocycles. The van der Waals surface area contributed by atoms with Crippen LogP contribution in [-0.4, -0.2) is 91.4 Å². The van der Waals surface area contributed by atoms with E-state index in [2.05, 4.69) is 41.6 Å². The van der Waals surface area contributed by atoms with Crippen LogP contribution >= 0.6 is 0 Å². The highest BCUT2D eigenvalue weighted by Gasteiger charge is 2.33. The van der Waals surface area contributed by atoms with Crippen LogP contribution < -0.4 is 26.0 Å². The molecule has 4 N–H and O–H groups in total. The van der Waals surface area contributed by atoms with Crippen LogP contribution in [-0.2, 0) is 14.3 Å². The number of hydrogen-bond acceptors (Lipinski definition) is 12. The number of ether oxygens (including phenoxy) is 3. The van der Waals surface area contributed by atoms with Crippen LogP contribution in [0.15, 0.2) is 28.8 Å². The van der Waals surface area contributed by atoms with E-state index < -0.39 is 40.6 Å².